The first-order valence-corrected chi connectivity index (χ1v) is 43.7. The molecular formula is C79H76Br3Cl5FIN5NaO11P2S3. The molecule has 0 spiro atoms. The Morgan fingerprint density at radius 3 is 1.51 bits per heavy atom. The van der Waals surface area contributed by atoms with Gasteiger partial charge in [-0.15, -0.1) is 35.3 Å². The SMILES string of the molecule is CC1(C)C(=O)N(Cl)C(=O)N1Cl.CCOC(=O)/C=C/c1cc(SCc2ccccc2)ccc1N.CCOC(=O)/C=C/c1cc(SCc2ccccc2)ccc1Nc1cc(Cl)c(Br)cc1OC.COc1cc(Br)c(Cl)cc1-n1c(=O)ccc2cc(SCc3ccccc3)ccc21.C[O-].Cc1cc(Br)c(Cl)cc1I.OPPF.[Na+]. The molecule has 16 nitrogen and oxygen atoms in total. The van der Waals surface area contributed by atoms with Crippen LogP contribution in [0.1, 0.15) is 61.1 Å². The second kappa shape index (κ2) is 52.0. The molecule has 3 amide bonds. The Morgan fingerprint density at radius 1 is 0.622 bits per heavy atom. The third-order valence-corrected chi connectivity index (χ3v) is 24.0. The number of imide groups is 1. The topological polar surface area (TPSA) is 215 Å². The van der Waals surface area contributed by atoms with Crippen molar-refractivity contribution in [3.63, 3.8) is 0 Å². The third kappa shape index (κ3) is 31.9. The number of nitrogen functional groups attached to an aromatic ring is 1. The number of ether oxygens (including phenoxy) is 4. The number of nitrogens with two attached hydrogens (primary N) is 1. The normalized spacial score (nSPS) is 11.9. The molecule has 0 bridgehead atoms. The summed E-state index contributed by atoms with van der Waals surface area (Å²) in [6.45, 7) is 9.35. The second-order valence-corrected chi connectivity index (χ2v) is 33.1. The zero-order valence-electron chi connectivity index (χ0n) is 61.3. The number of thioether (sulfide) groups is 3. The van der Waals surface area contributed by atoms with Crippen LogP contribution in [0.3, 0.4) is 0 Å². The zero-order valence-corrected chi connectivity index (χ0v) is 78.4. The summed E-state index contributed by atoms with van der Waals surface area (Å²) in [5, 5.41) is 14.4. The number of hydrogen-bond acceptors (Lipinski definition) is 16. The number of nitrogens with zero attached hydrogens (tertiary/aromatic N) is 3. The summed E-state index contributed by atoms with van der Waals surface area (Å²) in [6.07, 6.45) is 6.28. The van der Waals surface area contributed by atoms with Gasteiger partial charge in [0, 0.05) is 102 Å². The minimum Gasteiger partial charge on any atom is -0.857 e. The van der Waals surface area contributed by atoms with E-state index in [0.29, 0.717) is 55.0 Å². The number of aryl methyl sites for hydroxylation is 1. The molecule has 2 atom stereocenters. The number of esters is 2. The van der Waals surface area contributed by atoms with E-state index in [9.17, 15) is 28.2 Å². The molecule has 111 heavy (non-hydrogen) atoms. The van der Waals surface area contributed by atoms with Gasteiger partial charge in [0.2, 0.25) is 0 Å². The van der Waals surface area contributed by atoms with Crippen LogP contribution < -0.4 is 60.7 Å². The molecule has 1 saturated heterocycles. The number of pyridine rings is 1. The molecule has 32 heteroatoms. The van der Waals surface area contributed by atoms with Gasteiger partial charge in [-0.2, -0.15) is 11.5 Å². The summed E-state index contributed by atoms with van der Waals surface area (Å²) in [4.78, 5) is 68.9. The summed E-state index contributed by atoms with van der Waals surface area (Å²) in [5.41, 5.74) is 15.1. The van der Waals surface area contributed by atoms with Crippen molar-refractivity contribution in [1.82, 2.24) is 13.4 Å². The number of carbonyl (C=O) groups is 4. The van der Waals surface area contributed by atoms with E-state index in [1.807, 2.05) is 127 Å². The Balaban J connectivity index is 0.000000302. The van der Waals surface area contributed by atoms with Gasteiger partial charge >= 0.3 is 47.5 Å². The molecule has 10 aromatic rings. The van der Waals surface area contributed by atoms with Gasteiger partial charge in [0.25, 0.3) is 11.5 Å². The van der Waals surface area contributed by atoms with Crippen LogP contribution in [-0.4, -0.2) is 82.3 Å². The van der Waals surface area contributed by atoms with Gasteiger partial charge in [0.05, 0.1) is 67.9 Å². The number of rotatable bonds is 21. The first kappa shape index (κ1) is 98.5. The molecule has 1 aliphatic heterocycles. The van der Waals surface area contributed by atoms with Gasteiger partial charge in [0.1, 0.15) is 25.6 Å². The summed E-state index contributed by atoms with van der Waals surface area (Å²) in [5.74, 6) is 2.59. The fourth-order valence-electron chi connectivity index (χ4n) is 9.30. The number of benzene rings is 9. The molecule has 1 aromatic heterocycles. The quantitative estimate of drug-likeness (QED) is 0.00583. The predicted molar refractivity (Wildman–Crippen MR) is 477 cm³/mol. The standard InChI is InChI=1S/C25H23BrClNO3S.C23H17BrClNO2S.C18H19NO2S.C7H5BrClI.C5H6Cl2N2O2.CH3O.FH3OP2.Na/c1-3-31-25(29)12-9-18-13-19(32-16-17-7-5-4-6-8-17)10-11-22(18)28-23-15-21(27)20(26)14-24(23)30-2;1-28-22-12-18(24)19(25)13-21(22)26-20-9-8-17(11-16(20)7-10-23(26)27)29-14-15-5-3-2-4-6-15;1-2-21-18(20)11-8-15-12-16(9-10-17(15)19)22-13-14-6-4-3-5-7-14;1-4-2-5(8)6(9)3-7(4)10;1-5(2)3(10)8(6)4(11)9(5)7;1-2;1-3-4-2;/h4-15,28H,3,16H2,1-2H3;2-13H,14H2,1H3;3-12H,2,13,19H2,1H3;2-3H,1H3;1-2H3;1H3;2-4H;/q;;;;;-1;;+1/b12-9+;;11-8+;;;;;. The number of carbonyl (C=O) groups excluding carboxylic acids is 4. The van der Waals surface area contributed by atoms with Gasteiger partial charge < -0.3 is 40.0 Å². The molecule has 1 fully saturated rings. The van der Waals surface area contributed by atoms with Crippen LogP contribution in [0.5, 0.6) is 11.5 Å². The van der Waals surface area contributed by atoms with E-state index in [1.54, 1.807) is 104 Å². The van der Waals surface area contributed by atoms with Crippen molar-refractivity contribution in [2.75, 3.05) is 45.6 Å². The van der Waals surface area contributed by atoms with Crippen molar-refractivity contribution < 1.29 is 81.9 Å². The third-order valence-electron chi connectivity index (χ3n) is 14.8. The second-order valence-electron chi connectivity index (χ2n) is 22.7. The number of aromatic nitrogens is 1. The van der Waals surface area contributed by atoms with Crippen molar-refractivity contribution in [2.24, 2.45) is 0 Å². The Labute approximate surface area is 748 Å². The maximum absolute atomic E-state index is 12.7. The van der Waals surface area contributed by atoms with Crippen LogP contribution in [0.2, 0.25) is 15.1 Å². The van der Waals surface area contributed by atoms with E-state index in [-0.39, 0.29) is 47.1 Å². The summed E-state index contributed by atoms with van der Waals surface area (Å²) >= 11 is 46.9. The maximum atomic E-state index is 12.7. The van der Waals surface area contributed by atoms with E-state index in [0.717, 1.165) is 90.8 Å². The van der Waals surface area contributed by atoms with Crippen LogP contribution in [0.15, 0.2) is 239 Å². The summed E-state index contributed by atoms with van der Waals surface area (Å²) in [6, 6.07) is 62.7. The van der Waals surface area contributed by atoms with E-state index in [2.05, 4.69) is 125 Å². The van der Waals surface area contributed by atoms with Crippen LogP contribution in [0, 0.1) is 10.5 Å². The molecule has 1 aliphatic rings. The molecule has 4 N–H and O–H groups in total. The van der Waals surface area contributed by atoms with Crippen LogP contribution in [-0.2, 0) is 41.1 Å². The van der Waals surface area contributed by atoms with E-state index in [4.69, 9.17) is 93.0 Å². The molecule has 0 aliphatic carbocycles. The first-order valence-electron chi connectivity index (χ1n) is 32.7. The maximum Gasteiger partial charge on any atom is 1.00 e. The Kier molecular flexibility index (Phi) is 46.1. The van der Waals surface area contributed by atoms with Gasteiger partial charge in [0.15, 0.2) is 0 Å². The number of urea groups is 1. The van der Waals surface area contributed by atoms with Crippen molar-refractivity contribution in [2.45, 2.75) is 72.1 Å². The summed E-state index contributed by atoms with van der Waals surface area (Å²) in [7, 11) is 2.66. The monoisotopic (exact) mass is 2010 g/mol. The van der Waals surface area contributed by atoms with E-state index in [1.165, 1.54) is 51.8 Å². The molecule has 11 rings (SSSR count). The Bertz CT molecular complexity index is 4790. The molecule has 2 unspecified atom stereocenters. The van der Waals surface area contributed by atoms with Gasteiger partial charge in [-0.25, -0.2) is 23.0 Å². The number of nitrogens with one attached hydrogen (secondary N) is 1. The van der Waals surface area contributed by atoms with Crippen molar-refractivity contribution in [1.29, 1.82) is 0 Å². The fraction of sp³-hybridized carbons (Fsp3) is 0.177. The number of amides is 3. The van der Waals surface area contributed by atoms with E-state index < -0.39 is 34.6 Å². The number of methoxy groups -OCH3 is 2. The summed E-state index contributed by atoms with van der Waals surface area (Å²) < 4.78 is 37.9. The van der Waals surface area contributed by atoms with Crippen molar-refractivity contribution in [3.05, 3.63) is 282 Å². The molecule has 2 heterocycles. The largest absolute Gasteiger partial charge is 1.00 e. The molecule has 9 aromatic carbocycles. The Morgan fingerprint density at radius 2 is 1.06 bits per heavy atom. The predicted octanol–water partition coefficient (Wildman–Crippen LogP) is 21.0. The van der Waals surface area contributed by atoms with Crippen molar-refractivity contribution in [3.8, 4) is 17.2 Å². The minimum atomic E-state index is -1.04. The van der Waals surface area contributed by atoms with E-state index >= 15 is 0 Å². The average Bonchev–Trinajstić information content (AvgIpc) is 0.950. The van der Waals surface area contributed by atoms with Gasteiger partial charge in [-0.05, 0) is 253 Å². The van der Waals surface area contributed by atoms with Crippen LogP contribution >= 0.6 is 181 Å². The molecule has 0 saturated carbocycles. The smallest absolute Gasteiger partial charge is 0.857 e. The fourth-order valence-corrected chi connectivity index (χ4v) is 14.7. The number of halogens is 10. The van der Waals surface area contributed by atoms with Crippen LogP contribution in [0.25, 0.3) is 28.7 Å². The van der Waals surface area contributed by atoms with Gasteiger partial charge in [-0.1, -0.05) is 126 Å². The molecule has 0 radical (unpaired) electrons. The van der Waals surface area contributed by atoms with Crippen molar-refractivity contribution >= 4 is 245 Å². The first-order chi connectivity index (χ1) is 52.7. The van der Waals surface area contributed by atoms with Crippen LogP contribution in [0.4, 0.5) is 26.1 Å². The van der Waals surface area contributed by atoms with Gasteiger partial charge in [-0.3, -0.25) is 14.2 Å². The number of anilines is 3. The Hall–Kier alpha value is -4.87. The molecule has 582 valence electrons. The zero-order chi connectivity index (χ0) is 81.0. The molecular weight excluding hydrogens is 1940 g/mol. The number of hydrogen-bond donors (Lipinski definition) is 3. The number of fused-ring (bicyclic) bond motifs is 1. The minimum absolute atomic E-state index is 0. The average molecular weight is 2020 g/mol.